The van der Waals surface area contributed by atoms with E-state index in [1.807, 2.05) is 0 Å². The van der Waals surface area contributed by atoms with Crippen LogP contribution in [0.3, 0.4) is 0 Å². The van der Waals surface area contributed by atoms with Gasteiger partial charge in [0, 0.05) is 11.1 Å². The van der Waals surface area contributed by atoms with Crippen LogP contribution in [-0.2, 0) is 22.6 Å². The Morgan fingerprint density at radius 1 is 1.06 bits per heavy atom. The average Bonchev–Trinajstić information content (AvgIpc) is 3.09. The molecule has 0 bridgehead atoms. The van der Waals surface area contributed by atoms with Crippen LogP contribution in [0.4, 0.5) is 15.5 Å². The Hall–Kier alpha value is -2.59. The van der Waals surface area contributed by atoms with Crippen LogP contribution < -0.4 is 10.1 Å². The molecule has 184 valence electrons. The van der Waals surface area contributed by atoms with E-state index in [9.17, 15) is 9.59 Å². The second-order valence-corrected chi connectivity index (χ2v) is 11.0. The lowest BCUT2D eigenvalue weighted by Crippen LogP contribution is -2.33. The van der Waals surface area contributed by atoms with Crippen molar-refractivity contribution in [2.24, 2.45) is 0 Å². The Morgan fingerprint density at radius 2 is 1.71 bits per heavy atom. The first kappa shape index (κ1) is 26.0. The SMILES string of the molecule is COc1cc(-c2nc(NC(=O)OC(C)(C)C)nc3c2CN(C(=O)OC(C)(C)C)C3)c(Cl)cc1Br. The van der Waals surface area contributed by atoms with Crippen molar-refractivity contribution < 1.29 is 23.8 Å². The first-order valence-corrected chi connectivity index (χ1v) is 11.7. The van der Waals surface area contributed by atoms with Crippen LogP contribution in [0.25, 0.3) is 11.3 Å². The summed E-state index contributed by atoms with van der Waals surface area (Å²) in [5, 5.41) is 2.99. The molecule has 0 unspecified atom stereocenters. The standard InChI is InChI=1S/C23H28BrClN4O5/c1-22(2,3)33-20(30)28-19-26-16-11-29(21(31)34-23(4,5)6)10-13(16)18(27-19)12-8-17(32-7)14(24)9-15(12)25/h8-9H,10-11H2,1-7H3,(H,26,27,28,30). The maximum atomic E-state index is 12.7. The molecule has 2 heterocycles. The molecule has 0 aliphatic carbocycles. The lowest BCUT2D eigenvalue weighted by Gasteiger charge is -2.24. The number of anilines is 1. The molecular weight excluding hydrogens is 528 g/mol. The van der Waals surface area contributed by atoms with E-state index < -0.39 is 23.4 Å². The number of methoxy groups -OCH3 is 1. The Morgan fingerprint density at radius 3 is 2.29 bits per heavy atom. The molecule has 1 aromatic carbocycles. The molecule has 0 saturated heterocycles. The van der Waals surface area contributed by atoms with Crippen LogP contribution >= 0.6 is 27.5 Å². The van der Waals surface area contributed by atoms with Crippen molar-refractivity contribution in [3.8, 4) is 17.0 Å². The maximum Gasteiger partial charge on any atom is 0.414 e. The molecule has 0 spiro atoms. The third-order valence-electron chi connectivity index (χ3n) is 4.54. The van der Waals surface area contributed by atoms with Crippen molar-refractivity contribution in [2.45, 2.75) is 65.8 Å². The monoisotopic (exact) mass is 554 g/mol. The van der Waals surface area contributed by atoms with Gasteiger partial charge in [0.15, 0.2) is 0 Å². The normalized spacial score (nSPS) is 13.4. The predicted molar refractivity (Wildman–Crippen MR) is 132 cm³/mol. The fraction of sp³-hybridized carbons (Fsp3) is 0.478. The van der Waals surface area contributed by atoms with Gasteiger partial charge in [-0.1, -0.05) is 11.6 Å². The largest absolute Gasteiger partial charge is 0.496 e. The minimum atomic E-state index is -0.695. The number of carbonyl (C=O) groups is 2. The summed E-state index contributed by atoms with van der Waals surface area (Å²) in [6, 6.07) is 3.44. The highest BCUT2D eigenvalue weighted by Crippen LogP contribution is 2.40. The van der Waals surface area contributed by atoms with Crippen LogP contribution in [0.5, 0.6) is 5.75 Å². The van der Waals surface area contributed by atoms with Crippen molar-refractivity contribution >= 4 is 45.7 Å². The quantitative estimate of drug-likeness (QED) is 0.483. The number of ether oxygens (including phenoxy) is 3. The number of fused-ring (bicyclic) bond motifs is 1. The van der Waals surface area contributed by atoms with Gasteiger partial charge >= 0.3 is 12.2 Å². The molecule has 1 aromatic heterocycles. The summed E-state index contributed by atoms with van der Waals surface area (Å²) in [5.41, 5.74) is 0.967. The summed E-state index contributed by atoms with van der Waals surface area (Å²) in [6.45, 7) is 11.1. The molecule has 1 aliphatic heterocycles. The van der Waals surface area contributed by atoms with Gasteiger partial charge in [-0.15, -0.1) is 0 Å². The zero-order valence-corrected chi connectivity index (χ0v) is 22.5. The van der Waals surface area contributed by atoms with Gasteiger partial charge in [0.05, 0.1) is 41.1 Å². The van der Waals surface area contributed by atoms with E-state index in [-0.39, 0.29) is 19.0 Å². The van der Waals surface area contributed by atoms with Gasteiger partial charge < -0.3 is 14.2 Å². The van der Waals surface area contributed by atoms with Gasteiger partial charge in [-0.25, -0.2) is 19.6 Å². The first-order chi connectivity index (χ1) is 15.7. The number of nitrogens with one attached hydrogen (secondary N) is 1. The molecule has 0 atom stereocenters. The Kier molecular flexibility index (Phi) is 7.33. The van der Waals surface area contributed by atoms with E-state index >= 15 is 0 Å². The molecule has 2 amide bonds. The second-order valence-electron chi connectivity index (χ2n) is 9.75. The highest BCUT2D eigenvalue weighted by molar-refractivity contribution is 9.10. The number of nitrogens with zero attached hydrogens (tertiary/aromatic N) is 3. The highest BCUT2D eigenvalue weighted by Gasteiger charge is 2.33. The molecule has 3 rings (SSSR count). The molecule has 34 heavy (non-hydrogen) atoms. The topological polar surface area (TPSA) is 103 Å². The van der Waals surface area contributed by atoms with Crippen molar-refractivity contribution in [3.05, 3.63) is 32.9 Å². The zero-order chi connectivity index (χ0) is 25.4. The smallest absolute Gasteiger partial charge is 0.414 e. The van der Waals surface area contributed by atoms with Gasteiger partial charge in [0.25, 0.3) is 0 Å². The number of halogens is 2. The number of hydrogen-bond acceptors (Lipinski definition) is 7. The molecule has 0 radical (unpaired) electrons. The molecule has 0 saturated carbocycles. The number of rotatable bonds is 3. The summed E-state index contributed by atoms with van der Waals surface area (Å²) in [6.07, 6.45) is -1.17. The van der Waals surface area contributed by atoms with Gasteiger partial charge in [-0.3, -0.25) is 10.2 Å². The summed E-state index contributed by atoms with van der Waals surface area (Å²) >= 11 is 9.99. The second kappa shape index (κ2) is 9.58. The fourth-order valence-electron chi connectivity index (χ4n) is 3.25. The number of amides is 2. The van der Waals surface area contributed by atoms with E-state index in [1.54, 1.807) is 60.8 Å². The summed E-state index contributed by atoms with van der Waals surface area (Å²) < 4.78 is 17.0. The van der Waals surface area contributed by atoms with Crippen LogP contribution in [0.15, 0.2) is 16.6 Å². The maximum absolute atomic E-state index is 12.7. The Balaban J connectivity index is 2.06. The Labute approximate surface area is 212 Å². The van der Waals surface area contributed by atoms with Crippen LogP contribution in [0.1, 0.15) is 52.8 Å². The minimum absolute atomic E-state index is 0.0343. The van der Waals surface area contributed by atoms with E-state index in [0.717, 1.165) is 0 Å². The molecular formula is C23H28BrClN4O5. The van der Waals surface area contributed by atoms with Gasteiger partial charge in [0.1, 0.15) is 17.0 Å². The van der Waals surface area contributed by atoms with Crippen LogP contribution in [0, 0.1) is 0 Å². The van der Waals surface area contributed by atoms with Crippen LogP contribution in [0.2, 0.25) is 5.02 Å². The molecule has 2 aromatic rings. The van der Waals surface area contributed by atoms with Crippen molar-refractivity contribution in [1.29, 1.82) is 0 Å². The van der Waals surface area contributed by atoms with E-state index in [1.165, 1.54) is 4.90 Å². The van der Waals surface area contributed by atoms with Gasteiger partial charge in [0.2, 0.25) is 5.95 Å². The van der Waals surface area contributed by atoms with E-state index in [0.29, 0.717) is 37.8 Å². The lowest BCUT2D eigenvalue weighted by molar-refractivity contribution is 0.0240. The summed E-state index contributed by atoms with van der Waals surface area (Å²) in [5.74, 6) is 0.586. The summed E-state index contributed by atoms with van der Waals surface area (Å²) in [4.78, 5) is 35.6. The highest BCUT2D eigenvalue weighted by atomic mass is 79.9. The van der Waals surface area contributed by atoms with Crippen molar-refractivity contribution in [1.82, 2.24) is 14.9 Å². The van der Waals surface area contributed by atoms with E-state index in [2.05, 4.69) is 31.2 Å². The number of carbonyl (C=O) groups excluding carboxylic acids is 2. The lowest BCUT2D eigenvalue weighted by atomic mass is 10.1. The third kappa shape index (κ3) is 6.29. The average molecular weight is 556 g/mol. The number of hydrogen-bond donors (Lipinski definition) is 1. The van der Waals surface area contributed by atoms with Crippen molar-refractivity contribution in [2.75, 3.05) is 12.4 Å². The molecule has 1 aliphatic rings. The summed E-state index contributed by atoms with van der Waals surface area (Å²) in [7, 11) is 1.54. The number of aromatic nitrogens is 2. The molecule has 0 fully saturated rings. The van der Waals surface area contributed by atoms with Gasteiger partial charge in [-0.2, -0.15) is 0 Å². The number of benzene rings is 1. The first-order valence-electron chi connectivity index (χ1n) is 10.6. The predicted octanol–water partition coefficient (Wildman–Crippen LogP) is 6.17. The Bertz CT molecular complexity index is 1130. The third-order valence-corrected chi connectivity index (χ3v) is 5.48. The molecule has 1 N–H and O–H groups in total. The molecule has 9 nitrogen and oxygen atoms in total. The zero-order valence-electron chi connectivity index (χ0n) is 20.2. The molecule has 11 heteroatoms. The van der Waals surface area contributed by atoms with E-state index in [4.69, 9.17) is 25.8 Å². The van der Waals surface area contributed by atoms with Gasteiger partial charge in [-0.05, 0) is 69.6 Å². The minimum Gasteiger partial charge on any atom is -0.496 e. The van der Waals surface area contributed by atoms with Crippen LogP contribution in [-0.4, -0.2) is 45.4 Å². The van der Waals surface area contributed by atoms with Crippen molar-refractivity contribution in [3.63, 3.8) is 0 Å². The fourth-order valence-corrected chi connectivity index (χ4v) is 4.14.